The Morgan fingerprint density at radius 2 is 1.76 bits per heavy atom. The van der Waals surface area contributed by atoms with E-state index in [1.54, 1.807) is 11.3 Å². The highest BCUT2D eigenvalue weighted by Gasteiger charge is 2.08. The van der Waals surface area contributed by atoms with Gasteiger partial charge in [-0.25, -0.2) is 9.97 Å². The van der Waals surface area contributed by atoms with E-state index in [0.717, 1.165) is 53.3 Å². The van der Waals surface area contributed by atoms with Gasteiger partial charge < -0.3 is 10.6 Å². The Labute approximate surface area is 135 Å². The van der Waals surface area contributed by atoms with Gasteiger partial charge in [-0.2, -0.15) is 0 Å². The van der Waals surface area contributed by atoms with E-state index < -0.39 is 0 Å². The molecule has 114 valence electrons. The molecule has 0 unspecified atom stereocenters. The molecule has 0 amide bonds. The van der Waals surface area contributed by atoms with E-state index in [1.165, 1.54) is 4.88 Å². The third-order valence-electron chi connectivity index (χ3n) is 3.09. The van der Waals surface area contributed by atoms with Crippen LogP contribution in [0.15, 0.2) is 12.1 Å². The van der Waals surface area contributed by atoms with E-state index in [1.807, 2.05) is 19.9 Å². The van der Waals surface area contributed by atoms with E-state index >= 15 is 0 Å². The van der Waals surface area contributed by atoms with Crippen molar-refractivity contribution < 1.29 is 0 Å². The number of thiophene rings is 1. The van der Waals surface area contributed by atoms with Crippen LogP contribution in [0.25, 0.3) is 0 Å². The highest BCUT2D eigenvalue weighted by Crippen LogP contribution is 2.23. The van der Waals surface area contributed by atoms with Crippen LogP contribution < -0.4 is 10.6 Å². The summed E-state index contributed by atoms with van der Waals surface area (Å²) < 4.78 is 0.838. The molecule has 0 aliphatic heterocycles. The smallest absolute Gasteiger partial charge is 0.134 e. The molecule has 0 saturated heterocycles. The number of hydrogen-bond donors (Lipinski definition) is 2. The summed E-state index contributed by atoms with van der Waals surface area (Å²) in [5, 5.41) is 6.75. The standard InChI is InChI=1S/C15H21ClN4S/c1-4-8-17-14-10(2)15(20-11(3)19-14)18-9-7-12-5-6-13(16)21-12/h5-6H,4,7-9H2,1-3H3,(H2,17,18,19,20). The number of aryl methyl sites for hydroxylation is 1. The fourth-order valence-corrected chi connectivity index (χ4v) is 3.09. The van der Waals surface area contributed by atoms with Gasteiger partial charge in [0.2, 0.25) is 0 Å². The highest BCUT2D eigenvalue weighted by molar-refractivity contribution is 7.16. The number of aromatic nitrogens is 2. The van der Waals surface area contributed by atoms with Crippen molar-refractivity contribution in [2.24, 2.45) is 0 Å². The molecule has 0 radical (unpaired) electrons. The molecular formula is C15H21ClN4S. The Morgan fingerprint density at radius 3 is 2.33 bits per heavy atom. The van der Waals surface area contributed by atoms with Crippen LogP contribution in [0.5, 0.6) is 0 Å². The van der Waals surface area contributed by atoms with Crippen molar-refractivity contribution in [3.8, 4) is 0 Å². The van der Waals surface area contributed by atoms with Crippen molar-refractivity contribution in [3.63, 3.8) is 0 Å². The summed E-state index contributed by atoms with van der Waals surface area (Å²) in [6, 6.07) is 4.01. The van der Waals surface area contributed by atoms with Gasteiger partial charge in [-0.3, -0.25) is 0 Å². The zero-order valence-corrected chi connectivity index (χ0v) is 14.2. The topological polar surface area (TPSA) is 49.8 Å². The molecule has 0 aliphatic rings. The Balaban J connectivity index is 2.00. The van der Waals surface area contributed by atoms with Crippen molar-refractivity contribution in [1.82, 2.24) is 9.97 Å². The van der Waals surface area contributed by atoms with E-state index in [4.69, 9.17) is 11.6 Å². The molecule has 2 N–H and O–H groups in total. The van der Waals surface area contributed by atoms with Gasteiger partial charge >= 0.3 is 0 Å². The lowest BCUT2D eigenvalue weighted by Crippen LogP contribution is -2.12. The largest absolute Gasteiger partial charge is 0.370 e. The van der Waals surface area contributed by atoms with Crippen LogP contribution in [-0.2, 0) is 6.42 Å². The molecular weight excluding hydrogens is 304 g/mol. The lowest BCUT2D eigenvalue weighted by molar-refractivity contribution is 0.938. The molecule has 0 fully saturated rings. The zero-order chi connectivity index (χ0) is 15.2. The lowest BCUT2D eigenvalue weighted by Gasteiger charge is -2.13. The fourth-order valence-electron chi connectivity index (χ4n) is 2.01. The average Bonchev–Trinajstić information content (AvgIpc) is 2.86. The predicted molar refractivity (Wildman–Crippen MR) is 91.8 cm³/mol. The van der Waals surface area contributed by atoms with Crippen LogP contribution in [-0.4, -0.2) is 23.1 Å². The van der Waals surface area contributed by atoms with Gasteiger partial charge in [-0.15, -0.1) is 11.3 Å². The van der Waals surface area contributed by atoms with Gasteiger partial charge in [0.25, 0.3) is 0 Å². The Morgan fingerprint density at radius 1 is 1.10 bits per heavy atom. The molecule has 0 aromatic carbocycles. The summed E-state index contributed by atoms with van der Waals surface area (Å²) in [7, 11) is 0. The number of anilines is 2. The van der Waals surface area contributed by atoms with Gasteiger partial charge in [0.15, 0.2) is 0 Å². The molecule has 2 aromatic rings. The lowest BCUT2D eigenvalue weighted by atomic mass is 10.2. The first-order valence-electron chi connectivity index (χ1n) is 7.17. The summed E-state index contributed by atoms with van der Waals surface area (Å²) in [5.74, 6) is 2.61. The number of nitrogens with one attached hydrogen (secondary N) is 2. The maximum atomic E-state index is 5.94. The maximum Gasteiger partial charge on any atom is 0.134 e. The van der Waals surface area contributed by atoms with Crippen LogP contribution in [0, 0.1) is 13.8 Å². The van der Waals surface area contributed by atoms with Crippen LogP contribution in [0.1, 0.15) is 29.6 Å². The SMILES string of the molecule is CCCNc1nc(C)nc(NCCc2ccc(Cl)s2)c1C. The Hall–Kier alpha value is -1.33. The summed E-state index contributed by atoms with van der Waals surface area (Å²) >= 11 is 7.57. The first kappa shape index (κ1) is 16.0. The van der Waals surface area contributed by atoms with Crippen molar-refractivity contribution in [1.29, 1.82) is 0 Å². The monoisotopic (exact) mass is 324 g/mol. The summed E-state index contributed by atoms with van der Waals surface area (Å²) in [4.78, 5) is 10.2. The molecule has 0 atom stereocenters. The third-order valence-corrected chi connectivity index (χ3v) is 4.38. The summed E-state index contributed by atoms with van der Waals surface area (Å²) in [6.07, 6.45) is 2.02. The highest BCUT2D eigenvalue weighted by atomic mass is 35.5. The molecule has 0 spiro atoms. The third kappa shape index (κ3) is 4.58. The minimum absolute atomic E-state index is 0.779. The Bertz CT molecular complexity index is 597. The minimum Gasteiger partial charge on any atom is -0.370 e. The molecule has 4 nitrogen and oxygen atoms in total. The van der Waals surface area contributed by atoms with Crippen molar-refractivity contribution >= 4 is 34.6 Å². The van der Waals surface area contributed by atoms with Gasteiger partial charge in [0.05, 0.1) is 4.34 Å². The molecule has 0 aliphatic carbocycles. The predicted octanol–water partition coefficient (Wildman–Crippen LogP) is 4.28. The minimum atomic E-state index is 0.779. The molecule has 2 aromatic heterocycles. The molecule has 6 heteroatoms. The Kier molecular flexibility index (Phi) is 5.82. The van der Waals surface area contributed by atoms with Gasteiger partial charge in [-0.05, 0) is 38.8 Å². The van der Waals surface area contributed by atoms with Crippen molar-refractivity contribution in [2.75, 3.05) is 23.7 Å². The van der Waals surface area contributed by atoms with Crippen LogP contribution in [0.2, 0.25) is 4.34 Å². The first-order valence-corrected chi connectivity index (χ1v) is 8.36. The van der Waals surface area contributed by atoms with Crippen LogP contribution in [0.3, 0.4) is 0 Å². The average molecular weight is 325 g/mol. The van der Waals surface area contributed by atoms with E-state index in [0.29, 0.717) is 0 Å². The second-order valence-corrected chi connectivity index (χ2v) is 6.70. The van der Waals surface area contributed by atoms with Crippen LogP contribution in [0.4, 0.5) is 11.6 Å². The summed E-state index contributed by atoms with van der Waals surface area (Å²) in [6.45, 7) is 7.86. The zero-order valence-electron chi connectivity index (χ0n) is 12.7. The normalized spacial score (nSPS) is 10.7. The maximum absolute atomic E-state index is 5.94. The first-order chi connectivity index (χ1) is 10.1. The molecule has 21 heavy (non-hydrogen) atoms. The summed E-state index contributed by atoms with van der Waals surface area (Å²) in [5.41, 5.74) is 1.07. The number of hydrogen-bond acceptors (Lipinski definition) is 5. The van der Waals surface area contributed by atoms with E-state index in [-0.39, 0.29) is 0 Å². The molecule has 0 bridgehead atoms. The second kappa shape index (κ2) is 7.61. The number of halogens is 1. The molecule has 2 rings (SSSR count). The van der Waals surface area contributed by atoms with E-state index in [9.17, 15) is 0 Å². The molecule has 0 saturated carbocycles. The van der Waals surface area contributed by atoms with Gasteiger partial charge in [0.1, 0.15) is 17.5 Å². The number of nitrogens with zero attached hydrogens (tertiary/aromatic N) is 2. The van der Waals surface area contributed by atoms with Crippen LogP contribution >= 0.6 is 22.9 Å². The fraction of sp³-hybridized carbons (Fsp3) is 0.467. The van der Waals surface area contributed by atoms with Crippen molar-refractivity contribution in [2.45, 2.75) is 33.6 Å². The quantitative estimate of drug-likeness (QED) is 0.798. The second-order valence-electron chi connectivity index (χ2n) is 4.90. The van der Waals surface area contributed by atoms with E-state index in [2.05, 4.69) is 33.6 Å². The molecule has 2 heterocycles. The van der Waals surface area contributed by atoms with Gasteiger partial charge in [0, 0.05) is 23.5 Å². The van der Waals surface area contributed by atoms with Crippen molar-refractivity contribution in [3.05, 3.63) is 32.7 Å². The number of rotatable bonds is 7. The van der Waals surface area contributed by atoms with Gasteiger partial charge in [-0.1, -0.05) is 18.5 Å².